The van der Waals surface area contributed by atoms with Crippen molar-refractivity contribution in [2.24, 2.45) is 5.84 Å². The van der Waals surface area contributed by atoms with Crippen LogP contribution in [-0.4, -0.2) is 15.9 Å². The standard InChI is InChI=1S/C6H8N4O/c1-4-2-9-5(3-8-4)6(11)10-7/h2-3H,7H2,1H3,(H,10,11). The van der Waals surface area contributed by atoms with E-state index in [1.165, 1.54) is 12.4 Å². The molecule has 0 bridgehead atoms. The fourth-order valence-electron chi connectivity index (χ4n) is 0.584. The SMILES string of the molecule is Cc1cnc(C(=O)NN)cn1. The number of rotatable bonds is 1. The number of amides is 1. The monoisotopic (exact) mass is 152 g/mol. The first kappa shape index (κ1) is 7.62. The minimum Gasteiger partial charge on any atom is -0.289 e. The predicted octanol–water partition coefficient (Wildman–Crippen LogP) is -0.611. The van der Waals surface area contributed by atoms with Gasteiger partial charge in [0.05, 0.1) is 11.9 Å². The number of hydrazine groups is 1. The quantitative estimate of drug-likeness (QED) is 0.319. The second-order valence-corrected chi connectivity index (χ2v) is 2.02. The van der Waals surface area contributed by atoms with Gasteiger partial charge in [-0.1, -0.05) is 0 Å². The maximum Gasteiger partial charge on any atom is 0.285 e. The van der Waals surface area contributed by atoms with Crippen LogP contribution < -0.4 is 11.3 Å². The highest BCUT2D eigenvalue weighted by atomic mass is 16.2. The Morgan fingerprint density at radius 3 is 2.73 bits per heavy atom. The largest absolute Gasteiger partial charge is 0.289 e. The molecule has 0 spiro atoms. The topological polar surface area (TPSA) is 80.9 Å². The van der Waals surface area contributed by atoms with Crippen LogP contribution in [0.4, 0.5) is 0 Å². The number of carbonyl (C=O) groups excluding carboxylic acids is 1. The molecule has 0 atom stereocenters. The fraction of sp³-hybridized carbons (Fsp3) is 0.167. The highest BCUT2D eigenvalue weighted by Crippen LogP contribution is 1.92. The Kier molecular flexibility index (Phi) is 2.12. The van der Waals surface area contributed by atoms with Crippen molar-refractivity contribution in [3.63, 3.8) is 0 Å². The molecule has 58 valence electrons. The molecule has 11 heavy (non-hydrogen) atoms. The number of carbonyl (C=O) groups is 1. The van der Waals surface area contributed by atoms with Crippen molar-refractivity contribution < 1.29 is 4.79 Å². The van der Waals surface area contributed by atoms with Crippen molar-refractivity contribution in [1.29, 1.82) is 0 Å². The number of hydrogen-bond acceptors (Lipinski definition) is 4. The molecule has 1 amide bonds. The molecule has 0 aromatic carbocycles. The summed E-state index contributed by atoms with van der Waals surface area (Å²) in [6.07, 6.45) is 2.88. The van der Waals surface area contributed by atoms with Crippen LogP contribution in [0, 0.1) is 6.92 Å². The van der Waals surface area contributed by atoms with Crippen LogP contribution in [0.3, 0.4) is 0 Å². The molecule has 1 heterocycles. The molecule has 1 aromatic heterocycles. The van der Waals surface area contributed by atoms with Crippen molar-refractivity contribution in [2.45, 2.75) is 6.92 Å². The molecule has 5 heteroatoms. The molecule has 0 aliphatic carbocycles. The van der Waals surface area contributed by atoms with E-state index in [4.69, 9.17) is 5.84 Å². The minimum absolute atomic E-state index is 0.220. The van der Waals surface area contributed by atoms with Crippen molar-refractivity contribution in [3.8, 4) is 0 Å². The van der Waals surface area contributed by atoms with Crippen LogP contribution in [0.15, 0.2) is 12.4 Å². The number of hydrogen-bond donors (Lipinski definition) is 2. The Hall–Kier alpha value is -1.49. The van der Waals surface area contributed by atoms with E-state index in [2.05, 4.69) is 9.97 Å². The maximum absolute atomic E-state index is 10.8. The lowest BCUT2D eigenvalue weighted by atomic mass is 10.4. The van der Waals surface area contributed by atoms with Crippen LogP contribution in [0.1, 0.15) is 16.2 Å². The number of nitrogens with zero attached hydrogens (tertiary/aromatic N) is 2. The van der Waals surface area contributed by atoms with Gasteiger partial charge in [0, 0.05) is 6.20 Å². The minimum atomic E-state index is -0.433. The summed E-state index contributed by atoms with van der Waals surface area (Å²) in [5.74, 6) is 4.44. The summed E-state index contributed by atoms with van der Waals surface area (Å²) in [5, 5.41) is 0. The zero-order valence-electron chi connectivity index (χ0n) is 6.03. The molecular weight excluding hydrogens is 144 g/mol. The number of nitrogens with two attached hydrogens (primary N) is 1. The molecular formula is C6H8N4O. The Labute approximate surface area is 63.6 Å². The molecule has 0 fully saturated rings. The summed E-state index contributed by atoms with van der Waals surface area (Å²) < 4.78 is 0. The zero-order chi connectivity index (χ0) is 8.27. The summed E-state index contributed by atoms with van der Waals surface area (Å²) >= 11 is 0. The Morgan fingerprint density at radius 2 is 2.27 bits per heavy atom. The molecule has 0 saturated heterocycles. The van der Waals surface area contributed by atoms with Crippen molar-refractivity contribution in [3.05, 3.63) is 23.8 Å². The van der Waals surface area contributed by atoms with E-state index in [-0.39, 0.29) is 5.69 Å². The molecule has 0 unspecified atom stereocenters. The van der Waals surface area contributed by atoms with Crippen LogP contribution in [0.2, 0.25) is 0 Å². The van der Waals surface area contributed by atoms with Gasteiger partial charge in [-0.25, -0.2) is 10.8 Å². The molecule has 0 radical (unpaired) electrons. The summed E-state index contributed by atoms with van der Waals surface area (Å²) in [6, 6.07) is 0. The summed E-state index contributed by atoms with van der Waals surface area (Å²) in [5.41, 5.74) is 2.94. The third-order valence-electron chi connectivity index (χ3n) is 1.14. The van der Waals surface area contributed by atoms with Gasteiger partial charge in [-0.15, -0.1) is 0 Å². The second-order valence-electron chi connectivity index (χ2n) is 2.02. The summed E-state index contributed by atoms with van der Waals surface area (Å²) in [6.45, 7) is 1.79. The molecule has 1 rings (SSSR count). The smallest absolute Gasteiger partial charge is 0.285 e. The van der Waals surface area contributed by atoms with E-state index in [9.17, 15) is 4.79 Å². The van der Waals surface area contributed by atoms with E-state index < -0.39 is 5.91 Å². The van der Waals surface area contributed by atoms with Gasteiger partial charge in [0.15, 0.2) is 0 Å². The van der Waals surface area contributed by atoms with Crippen molar-refractivity contribution in [1.82, 2.24) is 15.4 Å². The third kappa shape index (κ3) is 1.71. The van der Waals surface area contributed by atoms with E-state index in [0.29, 0.717) is 0 Å². The third-order valence-corrected chi connectivity index (χ3v) is 1.14. The Balaban J connectivity index is 2.90. The van der Waals surface area contributed by atoms with E-state index in [1.807, 2.05) is 5.43 Å². The number of aromatic nitrogens is 2. The van der Waals surface area contributed by atoms with Crippen LogP contribution >= 0.6 is 0 Å². The number of nitrogens with one attached hydrogen (secondary N) is 1. The molecule has 3 N–H and O–H groups in total. The van der Waals surface area contributed by atoms with E-state index in [1.54, 1.807) is 6.92 Å². The first-order chi connectivity index (χ1) is 5.24. The van der Waals surface area contributed by atoms with Crippen LogP contribution in [0.5, 0.6) is 0 Å². The molecule has 1 aromatic rings. The Morgan fingerprint density at radius 1 is 1.55 bits per heavy atom. The highest BCUT2D eigenvalue weighted by molar-refractivity contribution is 5.91. The second kappa shape index (κ2) is 3.07. The van der Waals surface area contributed by atoms with Crippen molar-refractivity contribution >= 4 is 5.91 Å². The fourth-order valence-corrected chi connectivity index (χ4v) is 0.584. The lowest BCUT2D eigenvalue weighted by Gasteiger charge is -1.96. The van der Waals surface area contributed by atoms with Gasteiger partial charge in [0.25, 0.3) is 5.91 Å². The average Bonchev–Trinajstić information content (AvgIpc) is 2.05. The first-order valence-electron chi connectivity index (χ1n) is 3.03. The van der Waals surface area contributed by atoms with Gasteiger partial charge < -0.3 is 0 Å². The molecule has 0 saturated carbocycles. The normalized spacial score (nSPS) is 9.27. The van der Waals surface area contributed by atoms with Gasteiger partial charge in [0.1, 0.15) is 5.69 Å². The van der Waals surface area contributed by atoms with Gasteiger partial charge in [-0.05, 0) is 6.92 Å². The first-order valence-corrected chi connectivity index (χ1v) is 3.03. The van der Waals surface area contributed by atoms with E-state index in [0.717, 1.165) is 5.69 Å². The number of aryl methyl sites for hydroxylation is 1. The molecule has 5 nitrogen and oxygen atoms in total. The molecule has 0 aliphatic rings. The number of nitrogen functional groups attached to an aromatic ring is 1. The Bertz CT molecular complexity index is 256. The van der Waals surface area contributed by atoms with E-state index >= 15 is 0 Å². The molecule has 0 aliphatic heterocycles. The van der Waals surface area contributed by atoms with Gasteiger partial charge in [-0.2, -0.15) is 0 Å². The van der Waals surface area contributed by atoms with Gasteiger partial charge in [-0.3, -0.25) is 15.2 Å². The maximum atomic E-state index is 10.8. The highest BCUT2D eigenvalue weighted by Gasteiger charge is 2.03. The van der Waals surface area contributed by atoms with Crippen LogP contribution in [-0.2, 0) is 0 Å². The van der Waals surface area contributed by atoms with Gasteiger partial charge in [0.2, 0.25) is 0 Å². The van der Waals surface area contributed by atoms with Gasteiger partial charge >= 0.3 is 0 Å². The lowest BCUT2D eigenvalue weighted by Crippen LogP contribution is -2.30. The summed E-state index contributed by atoms with van der Waals surface area (Å²) in [4.78, 5) is 18.4. The average molecular weight is 152 g/mol. The van der Waals surface area contributed by atoms with Crippen molar-refractivity contribution in [2.75, 3.05) is 0 Å². The lowest BCUT2D eigenvalue weighted by molar-refractivity contribution is 0.0948. The van der Waals surface area contributed by atoms with Crippen LogP contribution in [0.25, 0.3) is 0 Å². The predicted molar refractivity (Wildman–Crippen MR) is 38.4 cm³/mol. The zero-order valence-corrected chi connectivity index (χ0v) is 6.03. The summed E-state index contributed by atoms with van der Waals surface area (Å²) in [7, 11) is 0.